The minimum atomic E-state index is -0.663. The summed E-state index contributed by atoms with van der Waals surface area (Å²) >= 11 is 0. The Hall–Kier alpha value is -2.00. The number of nitrogens with zero attached hydrogens (tertiary/aromatic N) is 1. The van der Waals surface area contributed by atoms with E-state index >= 15 is 0 Å². The number of hydrogen-bond donors (Lipinski definition) is 2. The van der Waals surface area contributed by atoms with Gasteiger partial charge in [0, 0.05) is 37.1 Å². The number of ether oxygens (including phenoxy) is 4. The molecular weight excluding hydrogens is 406 g/mol. The largest absolute Gasteiger partial charge is 0.373 e. The average molecular weight is 438 g/mol. The summed E-state index contributed by atoms with van der Waals surface area (Å²) in [4.78, 5) is 2.06. The fraction of sp³-hybridized carbons (Fsp3) is 0.520. The van der Waals surface area contributed by atoms with Gasteiger partial charge < -0.3 is 23.8 Å². The molecule has 7 heteroatoms. The Morgan fingerprint density at radius 3 is 1.75 bits per heavy atom. The van der Waals surface area contributed by atoms with Crippen molar-refractivity contribution in [3.63, 3.8) is 0 Å². The van der Waals surface area contributed by atoms with Crippen molar-refractivity contribution in [3.8, 4) is 0 Å². The van der Waals surface area contributed by atoms with E-state index in [2.05, 4.69) is 23.1 Å². The molecule has 32 heavy (non-hydrogen) atoms. The maximum absolute atomic E-state index is 6.38. The van der Waals surface area contributed by atoms with Gasteiger partial charge in [0.1, 0.15) is 6.29 Å². The van der Waals surface area contributed by atoms with Crippen LogP contribution in [0, 0.1) is 0 Å². The maximum Gasteiger partial charge on any atom is 0.134 e. The fourth-order valence-electron chi connectivity index (χ4n) is 4.73. The van der Waals surface area contributed by atoms with Crippen LogP contribution in [0.4, 0.5) is 11.4 Å². The lowest BCUT2D eigenvalue weighted by molar-refractivity contribution is 0.395. The highest BCUT2D eigenvalue weighted by atomic mass is 16.6. The minimum Gasteiger partial charge on any atom is -0.373 e. The van der Waals surface area contributed by atoms with E-state index in [-0.39, 0.29) is 12.2 Å². The second-order valence-electron chi connectivity index (χ2n) is 9.32. The Bertz CT molecular complexity index is 967. The van der Waals surface area contributed by atoms with Crippen LogP contribution in [-0.2, 0) is 44.6 Å². The smallest absolute Gasteiger partial charge is 0.134 e. The molecule has 0 aromatic heterocycles. The molecule has 4 unspecified atom stereocenters. The summed E-state index contributed by atoms with van der Waals surface area (Å²) in [7, 11) is 0. The van der Waals surface area contributed by atoms with Crippen molar-refractivity contribution in [2.24, 2.45) is 11.5 Å². The van der Waals surface area contributed by atoms with Crippen LogP contribution in [0.1, 0.15) is 22.3 Å². The summed E-state index contributed by atoms with van der Waals surface area (Å²) in [5.74, 6) is 0. The van der Waals surface area contributed by atoms with E-state index < -0.39 is 6.29 Å². The first-order valence-electron chi connectivity index (χ1n) is 11.6. The number of nitrogens with two attached hydrogens (primary N) is 2. The number of epoxide rings is 4. The zero-order valence-corrected chi connectivity index (χ0v) is 18.2. The Balaban J connectivity index is 1.52. The Labute approximate surface area is 188 Å². The lowest BCUT2D eigenvalue weighted by atomic mass is 9.85. The van der Waals surface area contributed by atoms with Gasteiger partial charge in [-0.1, -0.05) is 18.2 Å². The lowest BCUT2D eigenvalue weighted by Gasteiger charge is -2.33. The topological polar surface area (TPSA) is 105 Å². The molecule has 4 aliphatic heterocycles. The molecule has 2 aromatic rings. The summed E-state index contributed by atoms with van der Waals surface area (Å²) in [5, 5.41) is 0. The van der Waals surface area contributed by atoms with Crippen molar-refractivity contribution in [3.05, 3.63) is 58.7 Å². The zero-order chi connectivity index (χ0) is 21.7. The van der Waals surface area contributed by atoms with Gasteiger partial charge in [-0.3, -0.25) is 11.5 Å². The normalized spacial score (nSPS) is 27.5. The van der Waals surface area contributed by atoms with Crippen molar-refractivity contribution in [1.82, 2.24) is 0 Å². The van der Waals surface area contributed by atoms with E-state index in [1.54, 1.807) is 0 Å². The van der Waals surface area contributed by atoms with Crippen molar-refractivity contribution < 1.29 is 18.9 Å². The van der Waals surface area contributed by atoms with Crippen LogP contribution in [0.3, 0.4) is 0 Å². The van der Waals surface area contributed by atoms with Gasteiger partial charge in [0.05, 0.1) is 50.8 Å². The van der Waals surface area contributed by atoms with Crippen LogP contribution in [0.15, 0.2) is 36.4 Å². The maximum atomic E-state index is 6.38. The highest BCUT2D eigenvalue weighted by Crippen LogP contribution is 2.40. The molecule has 4 N–H and O–H groups in total. The predicted molar refractivity (Wildman–Crippen MR) is 121 cm³/mol. The number of benzene rings is 2. The van der Waals surface area contributed by atoms with Crippen LogP contribution >= 0.6 is 0 Å². The number of anilines is 2. The molecule has 0 radical (unpaired) electrons. The Morgan fingerprint density at radius 2 is 1.22 bits per heavy atom. The van der Waals surface area contributed by atoms with Crippen LogP contribution < -0.4 is 16.4 Å². The van der Waals surface area contributed by atoms with Crippen LogP contribution in [0.5, 0.6) is 0 Å². The highest BCUT2D eigenvalue weighted by Gasteiger charge is 2.36. The first kappa shape index (κ1) is 20.6. The molecule has 4 saturated heterocycles. The standard InChI is InChI=1S/C25H31N3O4/c26-25(27)28(16-4-2-1-3-5-16)24-7-15(6-17-11-29-17)21(8-18-12-30-18)22(9-19-13-31-19)23(24)10-20-14-32-20/h1-5,7,17-20,25H,6,8-14,26-27H2. The van der Waals surface area contributed by atoms with Gasteiger partial charge in [0.15, 0.2) is 0 Å². The Kier molecular flexibility index (Phi) is 5.41. The number of rotatable bonds is 11. The molecule has 0 saturated carbocycles. The fourth-order valence-corrected chi connectivity index (χ4v) is 4.73. The molecule has 4 fully saturated rings. The second-order valence-corrected chi connectivity index (χ2v) is 9.32. The van der Waals surface area contributed by atoms with Gasteiger partial charge in [0.2, 0.25) is 0 Å². The molecule has 4 atom stereocenters. The second kappa shape index (κ2) is 8.41. The SMILES string of the molecule is NC(N)N(c1ccccc1)c1cc(CC2CO2)c(CC2CO2)c(CC2CO2)c1CC1CO1. The third-order valence-electron chi connectivity index (χ3n) is 6.68. The van der Waals surface area contributed by atoms with Crippen molar-refractivity contribution in [1.29, 1.82) is 0 Å². The third-order valence-corrected chi connectivity index (χ3v) is 6.68. The summed E-state index contributed by atoms with van der Waals surface area (Å²) in [6, 6.07) is 12.5. The number of para-hydroxylation sites is 1. The number of hydrogen-bond acceptors (Lipinski definition) is 7. The summed E-state index contributed by atoms with van der Waals surface area (Å²) < 4.78 is 22.6. The van der Waals surface area contributed by atoms with E-state index in [0.29, 0.717) is 12.2 Å². The van der Waals surface area contributed by atoms with Crippen molar-refractivity contribution in [2.45, 2.75) is 56.4 Å². The van der Waals surface area contributed by atoms with Gasteiger partial charge in [0.25, 0.3) is 0 Å². The molecule has 7 nitrogen and oxygen atoms in total. The van der Waals surface area contributed by atoms with Crippen molar-refractivity contribution in [2.75, 3.05) is 31.3 Å². The summed E-state index contributed by atoms with van der Waals surface area (Å²) in [6.07, 6.45) is 4.06. The first-order chi connectivity index (χ1) is 15.7. The lowest BCUT2D eigenvalue weighted by Crippen LogP contribution is -2.46. The van der Waals surface area contributed by atoms with Crippen LogP contribution in [0.2, 0.25) is 0 Å². The predicted octanol–water partition coefficient (Wildman–Crippen LogP) is 1.79. The van der Waals surface area contributed by atoms with Gasteiger partial charge in [-0.05, 0) is 40.5 Å². The van der Waals surface area contributed by atoms with E-state index in [9.17, 15) is 0 Å². The van der Waals surface area contributed by atoms with E-state index in [1.165, 1.54) is 22.3 Å². The molecule has 6 rings (SSSR count). The zero-order valence-electron chi connectivity index (χ0n) is 18.2. The molecule has 170 valence electrons. The van der Waals surface area contributed by atoms with Gasteiger partial charge in [-0.25, -0.2) is 0 Å². The van der Waals surface area contributed by atoms with E-state index in [0.717, 1.165) is 63.5 Å². The Morgan fingerprint density at radius 1 is 0.719 bits per heavy atom. The minimum absolute atomic E-state index is 0.252. The molecular formula is C25H31N3O4. The monoisotopic (exact) mass is 437 g/mol. The molecule has 0 amide bonds. The highest BCUT2D eigenvalue weighted by molar-refractivity contribution is 5.71. The molecule has 0 aliphatic carbocycles. The van der Waals surface area contributed by atoms with Crippen LogP contribution in [-0.4, -0.2) is 57.1 Å². The molecule has 4 aliphatic rings. The van der Waals surface area contributed by atoms with Gasteiger partial charge in [-0.2, -0.15) is 0 Å². The van der Waals surface area contributed by atoms with Crippen LogP contribution in [0.25, 0.3) is 0 Å². The van der Waals surface area contributed by atoms with E-state index in [4.69, 9.17) is 30.4 Å². The van der Waals surface area contributed by atoms with Gasteiger partial charge >= 0.3 is 0 Å². The molecule has 2 aromatic carbocycles. The first-order valence-corrected chi connectivity index (χ1v) is 11.6. The van der Waals surface area contributed by atoms with Gasteiger partial charge in [-0.15, -0.1) is 0 Å². The summed E-state index contributed by atoms with van der Waals surface area (Å²) in [5.41, 5.74) is 20.2. The summed E-state index contributed by atoms with van der Waals surface area (Å²) in [6.45, 7) is 3.29. The third kappa shape index (κ3) is 4.69. The average Bonchev–Trinajstić information content (AvgIpc) is 3.61. The quantitative estimate of drug-likeness (QED) is 0.408. The molecule has 0 bridgehead atoms. The molecule has 0 spiro atoms. The van der Waals surface area contributed by atoms with Crippen molar-refractivity contribution >= 4 is 11.4 Å². The van der Waals surface area contributed by atoms with E-state index in [1.807, 2.05) is 18.2 Å². The molecule has 4 heterocycles.